The predicted molar refractivity (Wildman–Crippen MR) is 40.9 cm³/mol. The van der Waals surface area contributed by atoms with Gasteiger partial charge in [-0.2, -0.15) is 0 Å². The molecule has 0 aliphatic heterocycles. The van der Waals surface area contributed by atoms with E-state index in [9.17, 15) is 0 Å². The molecule has 0 aromatic carbocycles. The molecule has 0 radical (unpaired) electrons. The summed E-state index contributed by atoms with van der Waals surface area (Å²) in [6, 6.07) is 0. The van der Waals surface area contributed by atoms with Gasteiger partial charge >= 0.3 is 0 Å². The monoisotopic (exact) mass is 142 g/mol. The second-order valence-electron chi connectivity index (χ2n) is 3.12. The molecule has 0 aromatic heterocycles. The molecule has 0 unspecified atom stereocenters. The van der Waals surface area contributed by atoms with Crippen molar-refractivity contribution in [2.75, 3.05) is 13.2 Å². The van der Waals surface area contributed by atoms with Gasteiger partial charge in [-0.15, -0.1) is 0 Å². The Labute approximate surface area is 61.0 Å². The third-order valence-electron chi connectivity index (χ3n) is 1.96. The Morgan fingerprint density at radius 1 is 1.70 bits per heavy atom. The third-order valence-corrected chi connectivity index (χ3v) is 1.96. The quantitative estimate of drug-likeness (QED) is 0.435. The number of aliphatic hydroxyl groups is 1. The predicted octanol–water partition coefficient (Wildman–Crippen LogP) is 0.136. The summed E-state index contributed by atoms with van der Waals surface area (Å²) in [6.45, 7) is 2.73. The molecular formula is C7H14N2O. The van der Waals surface area contributed by atoms with Crippen molar-refractivity contribution in [2.24, 2.45) is 16.1 Å². The number of aliphatic imine (C=N–C) groups is 1. The van der Waals surface area contributed by atoms with Gasteiger partial charge in [-0.05, 0) is 19.8 Å². The minimum Gasteiger partial charge on any atom is -0.396 e. The zero-order valence-electron chi connectivity index (χ0n) is 6.30. The van der Waals surface area contributed by atoms with Gasteiger partial charge in [0.05, 0.1) is 12.4 Å². The molecule has 0 heterocycles. The average Bonchev–Trinajstić information content (AvgIpc) is 2.64. The molecule has 1 aliphatic rings. The van der Waals surface area contributed by atoms with Gasteiger partial charge in [0.15, 0.2) is 0 Å². The fourth-order valence-corrected chi connectivity index (χ4v) is 0.835. The Balaban J connectivity index is 2.32. The highest BCUT2D eigenvalue weighted by Crippen LogP contribution is 2.45. The molecule has 0 saturated heterocycles. The molecule has 0 aromatic rings. The van der Waals surface area contributed by atoms with E-state index in [1.54, 1.807) is 6.92 Å². The number of hydrogen-bond acceptors (Lipinski definition) is 2. The van der Waals surface area contributed by atoms with E-state index in [0.29, 0.717) is 12.4 Å². The maximum absolute atomic E-state index is 8.86. The van der Waals surface area contributed by atoms with Crippen LogP contribution in [0.1, 0.15) is 19.8 Å². The van der Waals surface area contributed by atoms with Crippen LogP contribution >= 0.6 is 0 Å². The minimum absolute atomic E-state index is 0.112. The second-order valence-corrected chi connectivity index (χ2v) is 3.12. The maximum Gasteiger partial charge on any atom is 0.0905 e. The Morgan fingerprint density at radius 2 is 2.30 bits per heavy atom. The standard InChI is InChI=1S/C7H14N2O/c1-6(8)9-4-7(5-10)2-3-7/h10H,2-5H2,1H3,(H2,8,9). The zero-order valence-corrected chi connectivity index (χ0v) is 6.30. The average molecular weight is 142 g/mol. The van der Waals surface area contributed by atoms with E-state index < -0.39 is 0 Å². The van der Waals surface area contributed by atoms with Crippen molar-refractivity contribution in [3.8, 4) is 0 Å². The number of rotatable bonds is 3. The van der Waals surface area contributed by atoms with Gasteiger partial charge in [-0.25, -0.2) is 0 Å². The molecule has 58 valence electrons. The van der Waals surface area contributed by atoms with Crippen LogP contribution in [-0.2, 0) is 0 Å². The zero-order chi connectivity index (χ0) is 7.61. The van der Waals surface area contributed by atoms with Crippen LogP contribution < -0.4 is 5.73 Å². The van der Waals surface area contributed by atoms with Crippen molar-refractivity contribution < 1.29 is 5.11 Å². The van der Waals surface area contributed by atoms with Gasteiger partial charge in [0, 0.05) is 12.0 Å². The molecule has 0 atom stereocenters. The summed E-state index contributed by atoms with van der Waals surface area (Å²) in [5.74, 6) is 0.611. The topological polar surface area (TPSA) is 58.6 Å². The van der Waals surface area contributed by atoms with Gasteiger partial charge in [0.2, 0.25) is 0 Å². The van der Waals surface area contributed by atoms with Crippen molar-refractivity contribution in [2.45, 2.75) is 19.8 Å². The first-order valence-electron chi connectivity index (χ1n) is 3.56. The first kappa shape index (κ1) is 7.54. The molecule has 1 fully saturated rings. The van der Waals surface area contributed by atoms with E-state index in [-0.39, 0.29) is 12.0 Å². The lowest BCUT2D eigenvalue weighted by atomic mass is 10.1. The highest BCUT2D eigenvalue weighted by atomic mass is 16.3. The van der Waals surface area contributed by atoms with Crippen LogP contribution in [0.25, 0.3) is 0 Å². The van der Waals surface area contributed by atoms with Crippen LogP contribution in [-0.4, -0.2) is 24.1 Å². The van der Waals surface area contributed by atoms with Crippen molar-refractivity contribution in [1.29, 1.82) is 0 Å². The Kier molecular flexibility index (Phi) is 1.94. The Morgan fingerprint density at radius 3 is 2.60 bits per heavy atom. The number of hydrogen-bond donors (Lipinski definition) is 2. The second kappa shape index (κ2) is 2.58. The van der Waals surface area contributed by atoms with Crippen molar-refractivity contribution in [3.05, 3.63) is 0 Å². The van der Waals surface area contributed by atoms with Crippen LogP contribution in [0.5, 0.6) is 0 Å². The highest BCUT2D eigenvalue weighted by molar-refractivity contribution is 5.77. The third kappa shape index (κ3) is 1.70. The molecule has 0 spiro atoms. The molecule has 3 nitrogen and oxygen atoms in total. The van der Waals surface area contributed by atoms with E-state index in [2.05, 4.69) is 4.99 Å². The van der Waals surface area contributed by atoms with Gasteiger partial charge in [0.25, 0.3) is 0 Å². The van der Waals surface area contributed by atoms with E-state index in [4.69, 9.17) is 10.8 Å². The van der Waals surface area contributed by atoms with Crippen LogP contribution in [0.2, 0.25) is 0 Å². The highest BCUT2D eigenvalue weighted by Gasteiger charge is 2.41. The van der Waals surface area contributed by atoms with Gasteiger partial charge in [-0.1, -0.05) is 0 Å². The summed E-state index contributed by atoms with van der Waals surface area (Å²) < 4.78 is 0. The lowest BCUT2D eigenvalue weighted by molar-refractivity contribution is 0.217. The van der Waals surface area contributed by atoms with E-state index in [1.165, 1.54) is 0 Å². The van der Waals surface area contributed by atoms with E-state index >= 15 is 0 Å². The van der Waals surface area contributed by atoms with Crippen molar-refractivity contribution >= 4 is 5.84 Å². The van der Waals surface area contributed by atoms with E-state index in [0.717, 1.165) is 12.8 Å². The number of nitrogens with two attached hydrogens (primary N) is 1. The molecule has 0 bridgehead atoms. The van der Waals surface area contributed by atoms with Gasteiger partial charge in [-0.3, -0.25) is 4.99 Å². The molecule has 1 aliphatic carbocycles. The van der Waals surface area contributed by atoms with Crippen molar-refractivity contribution in [3.63, 3.8) is 0 Å². The SMILES string of the molecule is CC(N)=NCC1(CO)CC1. The molecule has 3 heteroatoms. The Hall–Kier alpha value is -0.570. The largest absolute Gasteiger partial charge is 0.396 e. The van der Waals surface area contributed by atoms with Gasteiger partial charge < -0.3 is 10.8 Å². The number of nitrogens with zero attached hydrogens (tertiary/aromatic N) is 1. The number of amidine groups is 1. The molecule has 3 N–H and O–H groups in total. The molecule has 10 heavy (non-hydrogen) atoms. The maximum atomic E-state index is 8.86. The molecule has 1 rings (SSSR count). The van der Waals surface area contributed by atoms with Gasteiger partial charge in [0.1, 0.15) is 0 Å². The summed E-state index contributed by atoms with van der Waals surface area (Å²) in [5, 5.41) is 8.86. The van der Waals surface area contributed by atoms with Crippen LogP contribution in [0, 0.1) is 5.41 Å². The first-order chi connectivity index (χ1) is 4.68. The summed E-state index contributed by atoms with van der Waals surface area (Å²) >= 11 is 0. The smallest absolute Gasteiger partial charge is 0.0905 e. The normalized spacial score (nSPS) is 22.8. The fourth-order valence-electron chi connectivity index (χ4n) is 0.835. The fraction of sp³-hybridized carbons (Fsp3) is 0.857. The van der Waals surface area contributed by atoms with Crippen LogP contribution in [0.3, 0.4) is 0 Å². The summed E-state index contributed by atoms with van der Waals surface area (Å²) in [6.07, 6.45) is 2.20. The molecule has 0 amide bonds. The minimum atomic E-state index is 0.112. The van der Waals surface area contributed by atoms with Crippen LogP contribution in [0.4, 0.5) is 0 Å². The first-order valence-corrected chi connectivity index (χ1v) is 3.56. The summed E-state index contributed by atoms with van der Waals surface area (Å²) in [5.41, 5.74) is 5.46. The van der Waals surface area contributed by atoms with Crippen LogP contribution in [0.15, 0.2) is 4.99 Å². The van der Waals surface area contributed by atoms with E-state index in [1.807, 2.05) is 0 Å². The lowest BCUT2D eigenvalue weighted by Gasteiger charge is -2.06. The van der Waals surface area contributed by atoms with Crippen molar-refractivity contribution in [1.82, 2.24) is 0 Å². The molecule has 1 saturated carbocycles. The Bertz CT molecular complexity index is 146. The summed E-state index contributed by atoms with van der Waals surface area (Å²) in [4.78, 5) is 4.06. The number of aliphatic hydroxyl groups excluding tert-OH is 1. The molecular weight excluding hydrogens is 128 g/mol. The summed E-state index contributed by atoms with van der Waals surface area (Å²) in [7, 11) is 0. The lowest BCUT2D eigenvalue weighted by Crippen LogP contribution is -2.14.